The zero-order valence-corrected chi connectivity index (χ0v) is 18.8. The van der Waals surface area contributed by atoms with Gasteiger partial charge >= 0.3 is 6.09 Å². The molecule has 29 heavy (non-hydrogen) atoms. The summed E-state index contributed by atoms with van der Waals surface area (Å²) < 4.78 is 26.8. The molecule has 0 radical (unpaired) electrons. The second-order valence-corrected chi connectivity index (χ2v) is 9.65. The zero-order valence-electron chi connectivity index (χ0n) is 16.5. The number of amides is 1. The molecule has 0 spiro atoms. The van der Waals surface area contributed by atoms with Gasteiger partial charge in [0.1, 0.15) is 17.2 Å². The summed E-state index contributed by atoms with van der Waals surface area (Å²) in [5, 5.41) is 0.0359. The molecule has 1 fully saturated rings. The van der Waals surface area contributed by atoms with E-state index in [1.807, 2.05) is 51.1 Å². The number of ether oxygens (including phenoxy) is 2. The Balaban J connectivity index is 1.75. The molecule has 0 bridgehead atoms. The summed E-state index contributed by atoms with van der Waals surface area (Å²) in [5.74, 6) is -0.0996. The van der Waals surface area contributed by atoms with E-state index in [4.69, 9.17) is 21.1 Å². The van der Waals surface area contributed by atoms with E-state index in [0.29, 0.717) is 23.2 Å². The number of hydrogen-bond acceptors (Lipinski definition) is 3. The van der Waals surface area contributed by atoms with Crippen molar-refractivity contribution in [2.45, 2.75) is 50.9 Å². The first-order chi connectivity index (χ1) is 13.6. The molecular formula is C22H22BrClFNO3. The first kappa shape index (κ1) is 20.5. The van der Waals surface area contributed by atoms with Crippen molar-refractivity contribution in [1.82, 2.24) is 4.90 Å². The lowest BCUT2D eigenvalue weighted by Gasteiger charge is -2.50. The van der Waals surface area contributed by atoms with Gasteiger partial charge in [0.25, 0.3) is 0 Å². The van der Waals surface area contributed by atoms with Crippen molar-refractivity contribution < 1.29 is 18.7 Å². The molecule has 2 unspecified atom stereocenters. The third kappa shape index (κ3) is 3.50. The molecule has 0 N–H and O–H groups in total. The van der Waals surface area contributed by atoms with E-state index < -0.39 is 17.0 Å². The molecule has 2 aliphatic rings. The summed E-state index contributed by atoms with van der Waals surface area (Å²) in [6.07, 6.45) is 0.860. The second kappa shape index (κ2) is 7.17. The number of hydrogen-bond donors (Lipinski definition) is 0. The minimum Gasteiger partial charge on any atom is -0.480 e. The average Bonchev–Trinajstić information content (AvgIpc) is 2.98. The topological polar surface area (TPSA) is 38.8 Å². The Labute approximate surface area is 183 Å². The molecule has 0 aromatic heterocycles. The van der Waals surface area contributed by atoms with Gasteiger partial charge in [-0.1, -0.05) is 41.9 Å². The van der Waals surface area contributed by atoms with Crippen molar-refractivity contribution >= 4 is 33.6 Å². The van der Waals surface area contributed by atoms with E-state index >= 15 is 0 Å². The molecule has 154 valence electrons. The van der Waals surface area contributed by atoms with Crippen LogP contribution >= 0.6 is 27.5 Å². The number of rotatable bonds is 2. The van der Waals surface area contributed by atoms with Crippen molar-refractivity contribution in [2.24, 2.45) is 0 Å². The second-order valence-electron chi connectivity index (χ2n) is 8.48. The molecule has 4 rings (SSSR count). The molecule has 0 saturated carbocycles. The summed E-state index contributed by atoms with van der Waals surface area (Å²) in [4.78, 5) is 14.5. The molecule has 2 atom stereocenters. The maximum absolute atomic E-state index is 14.3. The van der Waals surface area contributed by atoms with Crippen LogP contribution in [0.5, 0.6) is 5.75 Å². The van der Waals surface area contributed by atoms with Crippen LogP contribution in [-0.2, 0) is 16.8 Å². The van der Waals surface area contributed by atoms with Crippen LogP contribution in [0, 0.1) is 5.82 Å². The first-order valence-electron chi connectivity index (χ1n) is 9.53. The van der Waals surface area contributed by atoms with Crippen molar-refractivity contribution in [3.63, 3.8) is 0 Å². The first-order valence-corrected chi connectivity index (χ1v) is 10.7. The number of carbonyl (C=O) groups excluding carboxylic acids is 1. The van der Waals surface area contributed by atoms with E-state index in [9.17, 15) is 9.18 Å². The van der Waals surface area contributed by atoms with Gasteiger partial charge in [-0.3, -0.25) is 0 Å². The van der Waals surface area contributed by atoms with Crippen molar-refractivity contribution in [1.29, 1.82) is 0 Å². The highest BCUT2D eigenvalue weighted by Crippen LogP contribution is 2.52. The lowest BCUT2D eigenvalue weighted by molar-refractivity contribution is -0.0749. The van der Waals surface area contributed by atoms with Crippen molar-refractivity contribution in [3.05, 3.63) is 62.8 Å². The van der Waals surface area contributed by atoms with Gasteiger partial charge in [-0.05, 0) is 48.7 Å². The van der Waals surface area contributed by atoms with Crippen LogP contribution in [0.2, 0.25) is 5.02 Å². The van der Waals surface area contributed by atoms with Gasteiger partial charge in [0.15, 0.2) is 5.60 Å². The Kier molecular flexibility index (Phi) is 5.06. The minimum atomic E-state index is -0.835. The summed E-state index contributed by atoms with van der Waals surface area (Å²) in [5.41, 5.74) is 0.309. The Hall–Kier alpha value is -1.79. The summed E-state index contributed by atoms with van der Waals surface area (Å²) in [7, 11) is 0. The Morgan fingerprint density at radius 2 is 2.03 bits per heavy atom. The monoisotopic (exact) mass is 481 g/mol. The van der Waals surface area contributed by atoms with E-state index in [2.05, 4.69) is 15.9 Å². The van der Waals surface area contributed by atoms with Crippen LogP contribution in [0.3, 0.4) is 0 Å². The molecule has 1 saturated heterocycles. The number of halogens is 3. The Bertz CT molecular complexity index is 963. The maximum Gasteiger partial charge on any atom is 0.410 e. The normalized spacial score (nSPS) is 23.2. The van der Waals surface area contributed by atoms with Gasteiger partial charge in [0.05, 0.1) is 11.1 Å². The highest BCUT2D eigenvalue weighted by atomic mass is 79.9. The lowest BCUT2D eigenvalue weighted by Crippen LogP contribution is -2.63. The van der Waals surface area contributed by atoms with Crippen LogP contribution in [0.1, 0.15) is 38.3 Å². The molecule has 7 heteroatoms. The van der Waals surface area contributed by atoms with Crippen molar-refractivity contribution in [2.75, 3.05) is 6.54 Å². The lowest BCUT2D eigenvalue weighted by atomic mass is 9.77. The largest absolute Gasteiger partial charge is 0.480 e. The highest BCUT2D eigenvalue weighted by molar-refractivity contribution is 9.10. The van der Waals surface area contributed by atoms with Crippen LogP contribution in [0.4, 0.5) is 9.18 Å². The van der Waals surface area contributed by atoms with Gasteiger partial charge in [-0.15, -0.1) is 0 Å². The van der Waals surface area contributed by atoms with Crippen LogP contribution in [-0.4, -0.2) is 29.2 Å². The van der Waals surface area contributed by atoms with E-state index in [1.165, 1.54) is 6.07 Å². The third-order valence-corrected chi connectivity index (χ3v) is 6.88. The fourth-order valence-electron chi connectivity index (χ4n) is 4.03. The maximum atomic E-state index is 14.3. The molecule has 2 aliphatic heterocycles. The molecule has 2 aromatic carbocycles. The summed E-state index contributed by atoms with van der Waals surface area (Å²) in [6.45, 7) is 6.12. The predicted octanol–water partition coefficient (Wildman–Crippen LogP) is 6.08. The number of likely N-dealkylation sites (tertiary alicyclic amines) is 1. The third-order valence-electron chi connectivity index (χ3n) is 5.40. The van der Waals surface area contributed by atoms with E-state index in [1.54, 1.807) is 4.90 Å². The molecular weight excluding hydrogens is 461 g/mol. The van der Waals surface area contributed by atoms with Crippen LogP contribution < -0.4 is 4.74 Å². The smallest absolute Gasteiger partial charge is 0.410 e. The van der Waals surface area contributed by atoms with Crippen molar-refractivity contribution in [3.8, 4) is 5.75 Å². The Morgan fingerprint density at radius 1 is 1.34 bits per heavy atom. The molecule has 2 heterocycles. The van der Waals surface area contributed by atoms with E-state index in [0.717, 1.165) is 17.5 Å². The Morgan fingerprint density at radius 3 is 2.62 bits per heavy atom. The zero-order chi connectivity index (χ0) is 21.0. The van der Waals surface area contributed by atoms with Gasteiger partial charge in [0, 0.05) is 29.1 Å². The number of carbonyl (C=O) groups is 1. The summed E-state index contributed by atoms with van der Waals surface area (Å²) >= 11 is 9.54. The molecule has 4 nitrogen and oxygen atoms in total. The van der Waals surface area contributed by atoms with Gasteiger partial charge in [0.2, 0.25) is 0 Å². The standard InChI is InChI=1S/C22H22BrClFNO3/c1-21(2,3)29-20(27)26-10-9-17(26)22(13-7-5-4-6-8-13)12-14-16(28-22)11-15(25)19(24)18(14)23/h4-8,11,17H,9-10,12H2,1-3H3. The van der Waals surface area contributed by atoms with Gasteiger partial charge in [-0.25, -0.2) is 9.18 Å². The summed E-state index contributed by atoms with van der Waals surface area (Å²) in [6, 6.07) is 10.8. The number of benzene rings is 2. The number of fused-ring (bicyclic) bond motifs is 1. The predicted molar refractivity (Wildman–Crippen MR) is 113 cm³/mol. The fourth-order valence-corrected chi connectivity index (χ4v) is 4.73. The van der Waals surface area contributed by atoms with Crippen LogP contribution in [0.25, 0.3) is 0 Å². The number of nitrogens with zero attached hydrogens (tertiary/aromatic N) is 1. The quantitative estimate of drug-likeness (QED) is 0.487. The van der Waals surface area contributed by atoms with E-state index in [-0.39, 0.29) is 17.2 Å². The van der Waals surface area contributed by atoms with Crippen LogP contribution in [0.15, 0.2) is 40.9 Å². The molecule has 0 aliphatic carbocycles. The SMILES string of the molecule is CC(C)(C)OC(=O)N1CCC1C1(c2ccccc2)Cc2c(cc(F)c(Cl)c2Br)O1. The van der Waals surface area contributed by atoms with Gasteiger partial charge in [-0.2, -0.15) is 0 Å². The molecule has 2 aromatic rings. The average molecular weight is 483 g/mol. The minimum absolute atomic E-state index is 0.0359. The van der Waals surface area contributed by atoms with Gasteiger partial charge < -0.3 is 14.4 Å². The fraction of sp³-hybridized carbons (Fsp3) is 0.409. The highest BCUT2D eigenvalue weighted by Gasteiger charge is 2.55. The molecule has 1 amide bonds.